The molecule has 0 spiro atoms. The Kier molecular flexibility index (Phi) is 4.66. The number of nitrogens with zero attached hydrogens (tertiary/aromatic N) is 2. The molecule has 0 radical (unpaired) electrons. The number of azo groups is 1. The Morgan fingerprint density at radius 1 is 1.05 bits per heavy atom. The first kappa shape index (κ1) is 15.1. The molecule has 0 fully saturated rings. The monoisotopic (exact) mass is 305 g/mol. The van der Waals surface area contributed by atoms with Gasteiger partial charge in [-0.15, -0.1) is 0 Å². The molecule has 2 rings (SSSR count). The van der Waals surface area contributed by atoms with Gasteiger partial charge in [-0.05, 0) is 42.0 Å². The van der Waals surface area contributed by atoms with E-state index in [1.807, 2.05) is 24.3 Å². The highest BCUT2D eigenvalue weighted by Gasteiger charge is 2.06. The molecule has 0 heterocycles. The lowest BCUT2D eigenvalue weighted by molar-refractivity contribution is 0.414. The standard InChI is InChI=1S/C14H15N3O3S/c1-20-13-6-2-11(3-7-13)10-16-17-12-4-8-14(9-5-12)21(15,18)19/h2-9H,10H2,1H3,(H2,15,18,19). The van der Waals surface area contributed by atoms with E-state index in [9.17, 15) is 8.42 Å². The zero-order valence-electron chi connectivity index (χ0n) is 11.4. The van der Waals surface area contributed by atoms with Crippen molar-refractivity contribution in [3.05, 3.63) is 54.1 Å². The molecule has 0 aliphatic rings. The molecule has 0 saturated heterocycles. The molecule has 6 nitrogen and oxygen atoms in total. The number of rotatable bonds is 5. The third-order valence-electron chi connectivity index (χ3n) is 2.76. The summed E-state index contributed by atoms with van der Waals surface area (Å²) in [5.41, 5.74) is 1.57. The number of benzene rings is 2. The van der Waals surface area contributed by atoms with Crippen molar-refractivity contribution in [3.63, 3.8) is 0 Å². The summed E-state index contributed by atoms with van der Waals surface area (Å²) in [4.78, 5) is 0.0524. The summed E-state index contributed by atoms with van der Waals surface area (Å²) in [6.07, 6.45) is 0. The molecule has 110 valence electrons. The number of sulfonamides is 1. The maximum absolute atomic E-state index is 11.1. The SMILES string of the molecule is COc1ccc(CN=Nc2ccc(S(N)(=O)=O)cc2)cc1. The van der Waals surface area contributed by atoms with E-state index in [0.717, 1.165) is 11.3 Å². The fourth-order valence-electron chi connectivity index (χ4n) is 1.63. The highest BCUT2D eigenvalue weighted by Crippen LogP contribution is 2.17. The van der Waals surface area contributed by atoms with Gasteiger partial charge in [0.25, 0.3) is 0 Å². The van der Waals surface area contributed by atoms with E-state index in [-0.39, 0.29) is 4.90 Å². The maximum atomic E-state index is 11.1. The van der Waals surface area contributed by atoms with Gasteiger partial charge in [0, 0.05) is 0 Å². The van der Waals surface area contributed by atoms with E-state index in [2.05, 4.69) is 10.2 Å². The molecule has 0 bridgehead atoms. The minimum absolute atomic E-state index is 0.0524. The van der Waals surface area contributed by atoms with E-state index in [1.165, 1.54) is 12.1 Å². The van der Waals surface area contributed by atoms with Gasteiger partial charge in [-0.3, -0.25) is 0 Å². The zero-order chi connectivity index (χ0) is 15.3. The van der Waals surface area contributed by atoms with Crippen LogP contribution in [0.2, 0.25) is 0 Å². The normalized spacial score (nSPS) is 11.7. The molecule has 0 atom stereocenters. The minimum atomic E-state index is -3.67. The largest absolute Gasteiger partial charge is 0.497 e. The summed E-state index contributed by atoms with van der Waals surface area (Å²) in [7, 11) is -2.06. The number of ether oxygens (including phenoxy) is 1. The quantitative estimate of drug-likeness (QED) is 0.860. The van der Waals surface area contributed by atoms with Crippen molar-refractivity contribution in [1.29, 1.82) is 0 Å². The first-order valence-electron chi connectivity index (χ1n) is 6.12. The second-order valence-electron chi connectivity index (χ2n) is 4.29. The molecule has 2 N–H and O–H groups in total. The van der Waals surface area contributed by atoms with Gasteiger partial charge in [-0.25, -0.2) is 13.6 Å². The molecule has 0 saturated carbocycles. The summed E-state index contributed by atoms with van der Waals surface area (Å²) in [6, 6.07) is 13.4. The van der Waals surface area contributed by atoms with Crippen LogP contribution in [0.5, 0.6) is 5.75 Å². The molecular formula is C14H15N3O3S. The van der Waals surface area contributed by atoms with Crippen LogP contribution in [-0.4, -0.2) is 15.5 Å². The Hall–Kier alpha value is -2.25. The molecule has 0 aromatic heterocycles. The van der Waals surface area contributed by atoms with Crippen molar-refractivity contribution >= 4 is 15.7 Å². The van der Waals surface area contributed by atoms with Crippen molar-refractivity contribution < 1.29 is 13.2 Å². The van der Waals surface area contributed by atoms with E-state index in [4.69, 9.17) is 9.88 Å². The molecule has 0 aliphatic carbocycles. The van der Waals surface area contributed by atoms with Crippen LogP contribution in [0.3, 0.4) is 0 Å². The third kappa shape index (κ3) is 4.37. The molecular weight excluding hydrogens is 290 g/mol. The predicted molar refractivity (Wildman–Crippen MR) is 79.0 cm³/mol. The fraction of sp³-hybridized carbons (Fsp3) is 0.143. The Bertz CT molecular complexity index is 723. The van der Waals surface area contributed by atoms with Crippen LogP contribution in [0.15, 0.2) is 63.7 Å². The number of hydrogen-bond acceptors (Lipinski definition) is 5. The summed E-state index contributed by atoms with van der Waals surface area (Å²) >= 11 is 0. The van der Waals surface area contributed by atoms with E-state index < -0.39 is 10.0 Å². The first-order valence-corrected chi connectivity index (χ1v) is 7.67. The highest BCUT2D eigenvalue weighted by molar-refractivity contribution is 7.89. The second-order valence-corrected chi connectivity index (χ2v) is 5.85. The lowest BCUT2D eigenvalue weighted by atomic mass is 10.2. The predicted octanol–water partition coefficient (Wildman–Crippen LogP) is 2.63. The molecule has 0 amide bonds. The van der Waals surface area contributed by atoms with Crippen LogP contribution in [0.25, 0.3) is 0 Å². The molecule has 0 aliphatic heterocycles. The summed E-state index contributed by atoms with van der Waals surface area (Å²) in [6.45, 7) is 0.431. The Morgan fingerprint density at radius 3 is 2.19 bits per heavy atom. The first-order chi connectivity index (χ1) is 9.99. The van der Waals surface area contributed by atoms with Crippen molar-refractivity contribution in [2.24, 2.45) is 15.4 Å². The van der Waals surface area contributed by atoms with Crippen LogP contribution >= 0.6 is 0 Å². The van der Waals surface area contributed by atoms with E-state index in [0.29, 0.717) is 12.2 Å². The van der Waals surface area contributed by atoms with Crippen molar-refractivity contribution in [2.75, 3.05) is 7.11 Å². The van der Waals surface area contributed by atoms with Crippen LogP contribution in [0.4, 0.5) is 5.69 Å². The molecule has 0 unspecified atom stereocenters. The average molecular weight is 305 g/mol. The molecule has 21 heavy (non-hydrogen) atoms. The number of primary sulfonamides is 1. The Labute approximate surface area is 123 Å². The van der Waals surface area contributed by atoms with Gasteiger partial charge in [-0.2, -0.15) is 10.2 Å². The maximum Gasteiger partial charge on any atom is 0.238 e. The summed E-state index contributed by atoms with van der Waals surface area (Å²) in [5, 5.41) is 13.1. The van der Waals surface area contributed by atoms with Gasteiger partial charge in [0.1, 0.15) is 5.75 Å². The zero-order valence-corrected chi connectivity index (χ0v) is 12.2. The van der Waals surface area contributed by atoms with Gasteiger partial charge in [-0.1, -0.05) is 12.1 Å². The smallest absolute Gasteiger partial charge is 0.238 e. The van der Waals surface area contributed by atoms with Crippen LogP contribution < -0.4 is 9.88 Å². The van der Waals surface area contributed by atoms with Gasteiger partial charge in [0.2, 0.25) is 10.0 Å². The van der Waals surface area contributed by atoms with Gasteiger partial charge in [0.15, 0.2) is 0 Å². The minimum Gasteiger partial charge on any atom is -0.497 e. The lowest BCUT2D eigenvalue weighted by Gasteiger charge is -2.00. The van der Waals surface area contributed by atoms with Crippen LogP contribution in [0.1, 0.15) is 5.56 Å². The summed E-state index contributed by atoms with van der Waals surface area (Å²) < 4.78 is 27.3. The Balaban J connectivity index is 2.00. The average Bonchev–Trinajstić information content (AvgIpc) is 2.47. The van der Waals surface area contributed by atoms with Gasteiger partial charge in [0.05, 0.1) is 24.2 Å². The fourth-order valence-corrected chi connectivity index (χ4v) is 2.15. The van der Waals surface area contributed by atoms with Crippen molar-refractivity contribution in [2.45, 2.75) is 11.4 Å². The van der Waals surface area contributed by atoms with Crippen LogP contribution in [0, 0.1) is 0 Å². The summed E-state index contributed by atoms with van der Waals surface area (Å²) in [5.74, 6) is 0.786. The number of methoxy groups -OCH3 is 1. The Morgan fingerprint density at radius 2 is 1.67 bits per heavy atom. The molecule has 7 heteroatoms. The number of hydrogen-bond donors (Lipinski definition) is 1. The van der Waals surface area contributed by atoms with Crippen molar-refractivity contribution in [3.8, 4) is 5.75 Å². The highest BCUT2D eigenvalue weighted by atomic mass is 32.2. The van der Waals surface area contributed by atoms with E-state index in [1.54, 1.807) is 19.2 Å². The molecule has 2 aromatic carbocycles. The van der Waals surface area contributed by atoms with Crippen LogP contribution in [-0.2, 0) is 16.6 Å². The van der Waals surface area contributed by atoms with Gasteiger partial charge < -0.3 is 4.74 Å². The molecule has 2 aromatic rings. The lowest BCUT2D eigenvalue weighted by Crippen LogP contribution is -2.11. The number of nitrogens with two attached hydrogens (primary N) is 1. The van der Waals surface area contributed by atoms with Crippen molar-refractivity contribution in [1.82, 2.24) is 0 Å². The topological polar surface area (TPSA) is 94.1 Å². The van der Waals surface area contributed by atoms with E-state index >= 15 is 0 Å². The third-order valence-corrected chi connectivity index (χ3v) is 3.69. The van der Waals surface area contributed by atoms with Gasteiger partial charge >= 0.3 is 0 Å². The second kappa shape index (κ2) is 6.47.